The van der Waals surface area contributed by atoms with E-state index in [1.54, 1.807) is 0 Å². The molecule has 0 fully saturated rings. The van der Waals surface area contributed by atoms with Crippen LogP contribution >= 0.6 is 15.9 Å². The highest BCUT2D eigenvalue weighted by Crippen LogP contribution is 2.19. The molecule has 0 unspecified atom stereocenters. The first kappa shape index (κ1) is 7.72. The van der Waals surface area contributed by atoms with Crippen molar-refractivity contribution >= 4 is 15.9 Å². The summed E-state index contributed by atoms with van der Waals surface area (Å²) in [5.74, 6) is 0.722. The van der Waals surface area contributed by atoms with Crippen LogP contribution in [0.4, 0.5) is 0 Å². The molecule has 0 saturated carbocycles. The molecule has 3 nitrogen and oxygen atoms in total. The highest BCUT2D eigenvalue weighted by Gasteiger charge is 2.19. The summed E-state index contributed by atoms with van der Waals surface area (Å²) in [6, 6.07) is 0. The standard InChI is InChI=1S/C6H9BrN2O/c1-6(2,3)4-8-5(7)10-9-4/h1-3H3. The Balaban J connectivity index is 2.96. The Morgan fingerprint density at radius 1 is 1.40 bits per heavy atom. The Kier molecular flexibility index (Phi) is 1.81. The van der Waals surface area contributed by atoms with E-state index >= 15 is 0 Å². The Hall–Kier alpha value is -0.380. The smallest absolute Gasteiger partial charge is 0.293 e. The second kappa shape index (κ2) is 2.34. The Morgan fingerprint density at radius 3 is 2.20 bits per heavy atom. The van der Waals surface area contributed by atoms with Gasteiger partial charge in [0.2, 0.25) is 0 Å². The maximum Gasteiger partial charge on any atom is 0.293 e. The van der Waals surface area contributed by atoms with E-state index in [1.165, 1.54) is 0 Å². The molecule has 56 valence electrons. The largest absolute Gasteiger partial charge is 0.327 e. The molecule has 0 amide bonds. The van der Waals surface area contributed by atoms with Crippen molar-refractivity contribution in [1.82, 2.24) is 10.1 Å². The number of hydrogen-bond acceptors (Lipinski definition) is 3. The lowest BCUT2D eigenvalue weighted by Crippen LogP contribution is -2.12. The molecule has 0 saturated heterocycles. The fraction of sp³-hybridized carbons (Fsp3) is 0.667. The van der Waals surface area contributed by atoms with Crippen molar-refractivity contribution in [2.45, 2.75) is 26.2 Å². The summed E-state index contributed by atoms with van der Waals surface area (Å²) in [5, 5.41) is 3.75. The molecular weight excluding hydrogens is 196 g/mol. The van der Waals surface area contributed by atoms with Gasteiger partial charge in [0.05, 0.1) is 0 Å². The molecule has 0 aliphatic carbocycles. The van der Waals surface area contributed by atoms with Crippen molar-refractivity contribution in [3.63, 3.8) is 0 Å². The van der Waals surface area contributed by atoms with Gasteiger partial charge in [-0.05, 0) is 0 Å². The zero-order chi connectivity index (χ0) is 7.78. The fourth-order valence-electron chi connectivity index (χ4n) is 0.510. The van der Waals surface area contributed by atoms with Gasteiger partial charge in [0.25, 0.3) is 4.80 Å². The van der Waals surface area contributed by atoms with Crippen molar-refractivity contribution in [3.05, 3.63) is 10.6 Å². The topological polar surface area (TPSA) is 38.9 Å². The Labute approximate surface area is 67.9 Å². The van der Waals surface area contributed by atoms with Crippen molar-refractivity contribution in [3.8, 4) is 0 Å². The quantitative estimate of drug-likeness (QED) is 0.651. The Bertz CT molecular complexity index is 226. The van der Waals surface area contributed by atoms with Crippen LogP contribution in [0.25, 0.3) is 0 Å². The molecule has 10 heavy (non-hydrogen) atoms. The molecule has 1 rings (SSSR count). The number of halogens is 1. The number of rotatable bonds is 0. The molecule has 4 heteroatoms. The lowest BCUT2D eigenvalue weighted by Gasteiger charge is -2.10. The van der Waals surface area contributed by atoms with Crippen LogP contribution in [0.3, 0.4) is 0 Å². The first-order valence-electron chi connectivity index (χ1n) is 3.00. The number of aromatic nitrogens is 2. The highest BCUT2D eigenvalue weighted by atomic mass is 79.9. The SMILES string of the molecule is CC(C)(C)c1noc(Br)n1. The molecule has 0 bridgehead atoms. The second-order valence-electron chi connectivity index (χ2n) is 3.12. The molecule has 0 aliphatic rings. The van der Waals surface area contributed by atoms with Crippen LogP contribution < -0.4 is 0 Å². The van der Waals surface area contributed by atoms with Crippen LogP contribution in [0.1, 0.15) is 26.6 Å². The first-order chi connectivity index (χ1) is 4.50. The summed E-state index contributed by atoms with van der Waals surface area (Å²) in [5.41, 5.74) is -0.0322. The van der Waals surface area contributed by atoms with Gasteiger partial charge in [0.15, 0.2) is 5.82 Å². The van der Waals surface area contributed by atoms with E-state index in [4.69, 9.17) is 4.52 Å². The van der Waals surface area contributed by atoms with Crippen molar-refractivity contribution < 1.29 is 4.52 Å². The maximum absolute atomic E-state index is 4.75. The van der Waals surface area contributed by atoms with Crippen LogP contribution in [-0.2, 0) is 5.41 Å². The third-order valence-corrected chi connectivity index (χ3v) is 1.39. The van der Waals surface area contributed by atoms with Gasteiger partial charge in [-0.25, -0.2) is 0 Å². The zero-order valence-electron chi connectivity index (χ0n) is 6.18. The van der Waals surface area contributed by atoms with E-state index in [0.717, 1.165) is 5.82 Å². The minimum Gasteiger partial charge on any atom is -0.327 e. The van der Waals surface area contributed by atoms with Crippen LogP contribution in [0.2, 0.25) is 0 Å². The molecular formula is C6H9BrN2O. The molecule has 1 heterocycles. The van der Waals surface area contributed by atoms with Crippen LogP contribution in [0.5, 0.6) is 0 Å². The van der Waals surface area contributed by atoms with E-state index in [0.29, 0.717) is 4.80 Å². The van der Waals surface area contributed by atoms with E-state index in [2.05, 4.69) is 26.1 Å². The molecule has 1 aromatic heterocycles. The lowest BCUT2D eigenvalue weighted by atomic mass is 9.96. The predicted molar refractivity (Wildman–Crippen MR) is 40.7 cm³/mol. The van der Waals surface area contributed by atoms with E-state index in [1.807, 2.05) is 20.8 Å². The Morgan fingerprint density at radius 2 is 2.00 bits per heavy atom. The van der Waals surface area contributed by atoms with E-state index in [-0.39, 0.29) is 5.41 Å². The van der Waals surface area contributed by atoms with Gasteiger partial charge >= 0.3 is 0 Å². The second-order valence-corrected chi connectivity index (χ2v) is 3.80. The van der Waals surface area contributed by atoms with E-state index < -0.39 is 0 Å². The molecule has 0 aromatic carbocycles. The third-order valence-electron chi connectivity index (χ3n) is 1.07. The number of nitrogens with zero attached hydrogens (tertiary/aromatic N) is 2. The molecule has 0 atom stereocenters. The molecule has 0 N–H and O–H groups in total. The van der Waals surface area contributed by atoms with Crippen molar-refractivity contribution in [1.29, 1.82) is 0 Å². The van der Waals surface area contributed by atoms with Gasteiger partial charge in [0.1, 0.15) is 0 Å². The first-order valence-corrected chi connectivity index (χ1v) is 3.79. The average Bonchev–Trinajstić information content (AvgIpc) is 2.11. The van der Waals surface area contributed by atoms with Gasteiger partial charge in [-0.15, -0.1) is 0 Å². The summed E-state index contributed by atoms with van der Waals surface area (Å²) in [4.78, 5) is 4.46. The molecule has 0 spiro atoms. The maximum atomic E-state index is 4.75. The normalized spacial score (nSPS) is 12.0. The van der Waals surface area contributed by atoms with Gasteiger partial charge in [-0.1, -0.05) is 25.9 Å². The van der Waals surface area contributed by atoms with Crippen molar-refractivity contribution in [2.24, 2.45) is 0 Å². The van der Waals surface area contributed by atoms with Gasteiger partial charge in [-0.3, -0.25) is 0 Å². The molecule has 0 aliphatic heterocycles. The van der Waals surface area contributed by atoms with Crippen LogP contribution in [-0.4, -0.2) is 10.1 Å². The summed E-state index contributed by atoms with van der Waals surface area (Å²) < 4.78 is 4.75. The summed E-state index contributed by atoms with van der Waals surface area (Å²) in [6.45, 7) is 6.10. The zero-order valence-corrected chi connectivity index (χ0v) is 7.77. The fourth-order valence-corrected chi connectivity index (χ4v) is 0.750. The summed E-state index contributed by atoms with van der Waals surface area (Å²) in [6.07, 6.45) is 0. The van der Waals surface area contributed by atoms with Crippen molar-refractivity contribution in [2.75, 3.05) is 0 Å². The third kappa shape index (κ3) is 1.56. The van der Waals surface area contributed by atoms with Gasteiger partial charge in [0, 0.05) is 21.3 Å². The van der Waals surface area contributed by atoms with Crippen LogP contribution in [0, 0.1) is 0 Å². The highest BCUT2D eigenvalue weighted by molar-refractivity contribution is 9.10. The lowest BCUT2D eigenvalue weighted by molar-refractivity contribution is 0.377. The van der Waals surface area contributed by atoms with E-state index in [9.17, 15) is 0 Å². The minimum atomic E-state index is -0.0322. The average molecular weight is 205 g/mol. The molecule has 1 aromatic rings. The summed E-state index contributed by atoms with van der Waals surface area (Å²) in [7, 11) is 0. The van der Waals surface area contributed by atoms with Gasteiger partial charge < -0.3 is 4.52 Å². The monoisotopic (exact) mass is 204 g/mol. The van der Waals surface area contributed by atoms with Crippen LogP contribution in [0.15, 0.2) is 9.32 Å². The number of hydrogen-bond donors (Lipinski definition) is 0. The summed E-state index contributed by atoms with van der Waals surface area (Å²) >= 11 is 3.08. The van der Waals surface area contributed by atoms with Gasteiger partial charge in [-0.2, -0.15) is 4.98 Å². The predicted octanol–water partition coefficient (Wildman–Crippen LogP) is 2.13. The minimum absolute atomic E-state index is 0.0322. The molecule has 0 radical (unpaired) electrons.